The second-order valence-electron chi connectivity index (χ2n) is 4.63. The summed E-state index contributed by atoms with van der Waals surface area (Å²) in [6, 6.07) is 9.95. The van der Waals surface area contributed by atoms with Gasteiger partial charge in [-0.25, -0.2) is 0 Å². The van der Waals surface area contributed by atoms with Crippen LogP contribution in [0.1, 0.15) is 5.56 Å². The van der Waals surface area contributed by atoms with E-state index in [1.807, 2.05) is 6.92 Å². The maximum atomic E-state index is 10.7. The van der Waals surface area contributed by atoms with Gasteiger partial charge in [-0.2, -0.15) is 4.98 Å². The summed E-state index contributed by atoms with van der Waals surface area (Å²) in [5, 5.41) is 10.7. The minimum atomic E-state index is -0.453. The molecule has 0 fully saturated rings. The molecule has 0 atom stereocenters. The fourth-order valence-electron chi connectivity index (χ4n) is 2.03. The molecule has 21 heavy (non-hydrogen) atoms. The Morgan fingerprint density at radius 1 is 1.29 bits per heavy atom. The molecular weight excluding hydrogens is 272 g/mol. The Kier molecular flexibility index (Phi) is 2.94. The lowest BCUT2D eigenvalue weighted by Gasteiger charge is -2.05. The van der Waals surface area contributed by atoms with Crippen LogP contribution in [0, 0.1) is 17.0 Å². The molecule has 7 heteroatoms. The number of nitrogens with zero attached hydrogens (tertiary/aromatic N) is 2. The van der Waals surface area contributed by atoms with Crippen molar-refractivity contribution >= 4 is 22.4 Å². The minimum Gasteiger partial charge on any atom is -0.425 e. The van der Waals surface area contributed by atoms with E-state index in [4.69, 9.17) is 10.5 Å². The Bertz CT molecular complexity index is 841. The average Bonchev–Trinajstić information content (AvgIpc) is 2.83. The van der Waals surface area contributed by atoms with Crippen molar-refractivity contribution in [3.63, 3.8) is 0 Å². The number of H-pyrrole nitrogens is 1. The van der Waals surface area contributed by atoms with Crippen LogP contribution in [-0.2, 0) is 0 Å². The van der Waals surface area contributed by atoms with E-state index >= 15 is 0 Å². The molecule has 3 N–H and O–H groups in total. The molecule has 0 bridgehead atoms. The molecule has 0 aliphatic carbocycles. The smallest absolute Gasteiger partial charge is 0.300 e. The van der Waals surface area contributed by atoms with Crippen molar-refractivity contribution in [2.24, 2.45) is 0 Å². The summed E-state index contributed by atoms with van der Waals surface area (Å²) in [7, 11) is 0. The number of anilines is 1. The zero-order chi connectivity index (χ0) is 15.0. The van der Waals surface area contributed by atoms with Gasteiger partial charge >= 0.3 is 0 Å². The van der Waals surface area contributed by atoms with Crippen molar-refractivity contribution in [3.05, 3.63) is 52.1 Å². The number of fused-ring (bicyclic) bond motifs is 1. The second kappa shape index (κ2) is 4.78. The second-order valence-corrected chi connectivity index (χ2v) is 4.63. The quantitative estimate of drug-likeness (QED) is 0.436. The lowest BCUT2D eigenvalue weighted by molar-refractivity contribution is -0.384. The molecule has 0 unspecified atom stereocenters. The van der Waals surface area contributed by atoms with Crippen LogP contribution in [0.2, 0.25) is 0 Å². The van der Waals surface area contributed by atoms with E-state index in [1.54, 1.807) is 24.3 Å². The van der Waals surface area contributed by atoms with Crippen molar-refractivity contribution in [2.75, 3.05) is 5.73 Å². The Morgan fingerprint density at radius 3 is 2.81 bits per heavy atom. The van der Waals surface area contributed by atoms with Crippen LogP contribution in [0.4, 0.5) is 11.4 Å². The third-order valence-electron chi connectivity index (χ3n) is 3.06. The summed E-state index contributed by atoms with van der Waals surface area (Å²) in [6.45, 7) is 1.87. The van der Waals surface area contributed by atoms with Gasteiger partial charge in [0.15, 0.2) is 0 Å². The van der Waals surface area contributed by atoms with Gasteiger partial charge in [-0.15, -0.1) is 0 Å². The number of nitro benzene ring substituents is 1. The van der Waals surface area contributed by atoms with Gasteiger partial charge in [0.25, 0.3) is 11.7 Å². The lowest BCUT2D eigenvalue weighted by atomic mass is 10.2. The summed E-state index contributed by atoms with van der Waals surface area (Å²) < 4.78 is 5.66. The topological polar surface area (TPSA) is 107 Å². The Morgan fingerprint density at radius 2 is 2.10 bits per heavy atom. The number of non-ortho nitro benzene ring substituents is 1. The first-order chi connectivity index (χ1) is 10.0. The number of aromatic nitrogens is 2. The van der Waals surface area contributed by atoms with Crippen molar-refractivity contribution < 1.29 is 9.66 Å². The first-order valence-corrected chi connectivity index (χ1v) is 6.21. The largest absolute Gasteiger partial charge is 0.425 e. The Labute approximate surface area is 119 Å². The summed E-state index contributed by atoms with van der Waals surface area (Å²) in [4.78, 5) is 17.4. The van der Waals surface area contributed by atoms with E-state index in [9.17, 15) is 10.1 Å². The van der Waals surface area contributed by atoms with Crippen molar-refractivity contribution in [1.29, 1.82) is 0 Å². The SMILES string of the molecule is Cc1cc(N)ccc1Oc1nc2ccc([N+](=O)[O-])cc2[nH]1. The van der Waals surface area contributed by atoms with Crippen LogP contribution in [0.5, 0.6) is 11.8 Å². The van der Waals surface area contributed by atoms with Gasteiger partial charge in [0.1, 0.15) is 5.75 Å². The predicted octanol–water partition coefficient (Wildman–Crippen LogP) is 3.15. The fourth-order valence-corrected chi connectivity index (χ4v) is 2.03. The van der Waals surface area contributed by atoms with Crippen molar-refractivity contribution in [1.82, 2.24) is 9.97 Å². The number of nitro groups is 1. The molecular formula is C14H12N4O3. The molecule has 0 saturated heterocycles. The third-order valence-corrected chi connectivity index (χ3v) is 3.06. The zero-order valence-electron chi connectivity index (χ0n) is 11.2. The Hall–Kier alpha value is -3.09. The number of rotatable bonds is 3. The van der Waals surface area contributed by atoms with Gasteiger partial charge in [-0.1, -0.05) is 0 Å². The average molecular weight is 284 g/mol. The number of ether oxygens (including phenoxy) is 1. The van der Waals surface area contributed by atoms with Gasteiger partial charge in [0, 0.05) is 17.8 Å². The molecule has 2 aromatic carbocycles. The van der Waals surface area contributed by atoms with E-state index < -0.39 is 4.92 Å². The molecule has 0 spiro atoms. The number of hydrogen-bond donors (Lipinski definition) is 2. The highest BCUT2D eigenvalue weighted by atomic mass is 16.6. The zero-order valence-corrected chi connectivity index (χ0v) is 11.2. The van der Waals surface area contributed by atoms with E-state index in [0.29, 0.717) is 22.5 Å². The highest BCUT2D eigenvalue weighted by Crippen LogP contribution is 2.27. The summed E-state index contributed by atoms with van der Waals surface area (Å²) in [5.74, 6) is 0.623. The highest BCUT2D eigenvalue weighted by molar-refractivity contribution is 5.78. The maximum absolute atomic E-state index is 10.7. The monoisotopic (exact) mass is 284 g/mol. The van der Waals surface area contributed by atoms with Gasteiger partial charge in [0.2, 0.25) is 0 Å². The molecule has 106 valence electrons. The highest BCUT2D eigenvalue weighted by Gasteiger charge is 2.11. The van der Waals surface area contributed by atoms with Gasteiger partial charge in [0.05, 0.1) is 16.0 Å². The van der Waals surface area contributed by atoms with E-state index in [-0.39, 0.29) is 11.7 Å². The minimum absolute atomic E-state index is 0.00126. The first kappa shape index (κ1) is 12.9. The maximum Gasteiger partial charge on any atom is 0.300 e. The molecule has 1 aromatic heterocycles. The number of aryl methyl sites for hydroxylation is 1. The number of imidazole rings is 1. The third kappa shape index (κ3) is 2.48. The molecule has 0 aliphatic rings. The van der Waals surface area contributed by atoms with Crippen LogP contribution < -0.4 is 10.5 Å². The standard InChI is InChI=1S/C14H12N4O3/c1-8-6-9(15)2-5-13(8)21-14-16-11-4-3-10(18(19)20)7-12(11)17-14/h2-7H,15H2,1H3,(H,16,17). The van der Waals surface area contributed by atoms with Gasteiger partial charge in [-0.05, 0) is 36.8 Å². The molecule has 7 nitrogen and oxygen atoms in total. The number of nitrogens with two attached hydrogens (primary N) is 1. The van der Waals surface area contributed by atoms with E-state index in [1.165, 1.54) is 12.1 Å². The van der Waals surface area contributed by atoms with Crippen LogP contribution in [-0.4, -0.2) is 14.9 Å². The Balaban J connectivity index is 1.95. The number of nitrogen functional groups attached to an aromatic ring is 1. The summed E-state index contributed by atoms with van der Waals surface area (Å²) >= 11 is 0. The van der Waals surface area contributed by atoms with Crippen LogP contribution in [0.3, 0.4) is 0 Å². The van der Waals surface area contributed by atoms with Crippen LogP contribution >= 0.6 is 0 Å². The van der Waals surface area contributed by atoms with Crippen molar-refractivity contribution in [3.8, 4) is 11.8 Å². The van der Waals surface area contributed by atoms with E-state index in [0.717, 1.165) is 5.56 Å². The molecule has 1 heterocycles. The fraction of sp³-hybridized carbons (Fsp3) is 0.0714. The molecule has 3 rings (SSSR count). The molecule has 0 aliphatic heterocycles. The van der Waals surface area contributed by atoms with Crippen molar-refractivity contribution in [2.45, 2.75) is 6.92 Å². The normalized spacial score (nSPS) is 10.7. The molecule has 0 amide bonds. The lowest BCUT2D eigenvalue weighted by Crippen LogP contribution is -1.91. The number of aromatic amines is 1. The molecule has 3 aromatic rings. The van der Waals surface area contributed by atoms with E-state index in [2.05, 4.69) is 9.97 Å². The first-order valence-electron chi connectivity index (χ1n) is 6.21. The summed E-state index contributed by atoms with van der Waals surface area (Å²) in [5.41, 5.74) is 8.36. The summed E-state index contributed by atoms with van der Waals surface area (Å²) in [6.07, 6.45) is 0. The number of benzene rings is 2. The van der Waals surface area contributed by atoms with Crippen LogP contribution in [0.15, 0.2) is 36.4 Å². The van der Waals surface area contributed by atoms with Gasteiger partial charge in [-0.3, -0.25) is 10.1 Å². The molecule has 0 saturated carbocycles. The molecule has 0 radical (unpaired) electrons. The van der Waals surface area contributed by atoms with Crippen LogP contribution in [0.25, 0.3) is 11.0 Å². The van der Waals surface area contributed by atoms with Gasteiger partial charge < -0.3 is 15.5 Å². The number of hydrogen-bond acceptors (Lipinski definition) is 5. The predicted molar refractivity (Wildman–Crippen MR) is 78.4 cm³/mol. The number of nitrogens with one attached hydrogen (secondary N) is 1.